The van der Waals surface area contributed by atoms with Gasteiger partial charge < -0.3 is 4.74 Å². The smallest absolute Gasteiger partial charge is 0.306 e. The van der Waals surface area contributed by atoms with Gasteiger partial charge in [-0.15, -0.1) is 11.3 Å². The van der Waals surface area contributed by atoms with E-state index in [4.69, 9.17) is 0 Å². The highest BCUT2D eigenvalue weighted by Gasteiger charge is 2.06. The number of carbonyl (C=O) groups is 1. The van der Waals surface area contributed by atoms with Gasteiger partial charge in [-0.1, -0.05) is 42.1 Å². The van der Waals surface area contributed by atoms with Crippen molar-refractivity contribution in [3.8, 4) is 10.4 Å². The van der Waals surface area contributed by atoms with Crippen LogP contribution in [0.4, 0.5) is 0 Å². The first-order valence-electron chi connectivity index (χ1n) is 5.50. The number of thioether (sulfide) groups is 1. The maximum Gasteiger partial charge on any atom is 0.306 e. The van der Waals surface area contributed by atoms with Crippen molar-refractivity contribution in [2.45, 2.75) is 10.8 Å². The molecular weight excluding hydrogens is 266 g/mol. The van der Waals surface area contributed by atoms with Gasteiger partial charge in [-0.05, 0) is 5.56 Å². The monoisotopic (exact) mass is 279 g/mol. The van der Waals surface area contributed by atoms with E-state index in [0.29, 0.717) is 12.2 Å². The molecule has 0 radical (unpaired) electrons. The number of esters is 1. The molecule has 94 valence electrons. The number of hydrogen-bond acceptors (Lipinski definition) is 5. The molecule has 1 aromatic heterocycles. The molecule has 1 aromatic carbocycles. The van der Waals surface area contributed by atoms with Crippen molar-refractivity contribution >= 4 is 29.1 Å². The van der Waals surface area contributed by atoms with Crippen LogP contribution in [-0.2, 0) is 9.53 Å². The highest BCUT2D eigenvalue weighted by molar-refractivity contribution is 8.01. The maximum atomic E-state index is 11.0. The summed E-state index contributed by atoms with van der Waals surface area (Å²) < 4.78 is 5.58. The van der Waals surface area contributed by atoms with Gasteiger partial charge in [0.05, 0.1) is 18.4 Å². The van der Waals surface area contributed by atoms with Crippen LogP contribution in [0.2, 0.25) is 0 Å². The van der Waals surface area contributed by atoms with Crippen LogP contribution in [0, 0.1) is 0 Å². The lowest BCUT2D eigenvalue weighted by atomic mass is 10.2. The van der Waals surface area contributed by atoms with Gasteiger partial charge in [-0.2, -0.15) is 0 Å². The summed E-state index contributed by atoms with van der Waals surface area (Å²) in [6, 6.07) is 10.2. The average Bonchev–Trinajstić information content (AvgIpc) is 2.88. The Labute approximate surface area is 114 Å². The first-order valence-corrected chi connectivity index (χ1v) is 7.30. The lowest BCUT2D eigenvalue weighted by molar-refractivity contribution is -0.140. The molecule has 5 heteroatoms. The van der Waals surface area contributed by atoms with Gasteiger partial charge in [0.15, 0.2) is 0 Å². The Kier molecular flexibility index (Phi) is 4.78. The number of hydrogen-bond donors (Lipinski definition) is 0. The zero-order valence-electron chi connectivity index (χ0n) is 9.96. The second-order valence-electron chi connectivity index (χ2n) is 3.53. The highest BCUT2D eigenvalue weighted by Crippen LogP contribution is 2.31. The van der Waals surface area contributed by atoms with E-state index in [1.807, 2.05) is 24.4 Å². The van der Waals surface area contributed by atoms with Crippen molar-refractivity contribution in [1.29, 1.82) is 0 Å². The topological polar surface area (TPSA) is 39.2 Å². The molecule has 0 unspecified atom stereocenters. The van der Waals surface area contributed by atoms with Gasteiger partial charge in [-0.3, -0.25) is 4.79 Å². The van der Waals surface area contributed by atoms with Crippen LogP contribution in [-0.4, -0.2) is 23.8 Å². The third kappa shape index (κ3) is 3.58. The highest BCUT2D eigenvalue weighted by atomic mass is 32.2. The third-order valence-corrected chi connectivity index (χ3v) is 4.51. The number of nitrogens with zero attached hydrogens (tertiary/aromatic N) is 1. The molecule has 0 atom stereocenters. The Morgan fingerprint density at radius 2 is 2.17 bits per heavy atom. The molecule has 2 aromatic rings. The van der Waals surface area contributed by atoms with Crippen LogP contribution >= 0.6 is 23.1 Å². The van der Waals surface area contributed by atoms with Crippen LogP contribution < -0.4 is 0 Å². The van der Waals surface area contributed by atoms with E-state index in [-0.39, 0.29) is 5.97 Å². The number of benzene rings is 1. The molecule has 18 heavy (non-hydrogen) atoms. The summed E-state index contributed by atoms with van der Waals surface area (Å²) in [5.41, 5.74) is 1.18. The summed E-state index contributed by atoms with van der Waals surface area (Å²) in [6.07, 6.45) is 2.29. The van der Waals surface area contributed by atoms with E-state index in [1.54, 1.807) is 23.1 Å². The predicted molar refractivity (Wildman–Crippen MR) is 74.9 cm³/mol. The van der Waals surface area contributed by atoms with Gasteiger partial charge in [0.25, 0.3) is 0 Å². The van der Waals surface area contributed by atoms with Crippen molar-refractivity contribution < 1.29 is 9.53 Å². The zero-order chi connectivity index (χ0) is 12.8. The molecule has 0 saturated carbocycles. The van der Waals surface area contributed by atoms with Crippen LogP contribution in [0.1, 0.15) is 6.42 Å². The van der Waals surface area contributed by atoms with Crippen LogP contribution in [0.3, 0.4) is 0 Å². The Morgan fingerprint density at radius 1 is 1.39 bits per heavy atom. The molecule has 2 rings (SSSR count). The fourth-order valence-corrected chi connectivity index (χ4v) is 3.36. The SMILES string of the molecule is COC(=O)CCSc1ncc(-c2ccccc2)s1. The Balaban J connectivity index is 1.93. The summed E-state index contributed by atoms with van der Waals surface area (Å²) >= 11 is 3.23. The molecule has 1 heterocycles. The molecule has 0 aliphatic heterocycles. The minimum atomic E-state index is -0.178. The number of rotatable bonds is 5. The third-order valence-electron chi connectivity index (χ3n) is 2.30. The molecule has 0 N–H and O–H groups in total. The van der Waals surface area contributed by atoms with E-state index in [2.05, 4.69) is 21.9 Å². The van der Waals surface area contributed by atoms with Crippen molar-refractivity contribution in [2.24, 2.45) is 0 Å². The van der Waals surface area contributed by atoms with Gasteiger partial charge in [0, 0.05) is 11.9 Å². The average molecular weight is 279 g/mol. The van der Waals surface area contributed by atoms with E-state index in [0.717, 1.165) is 9.22 Å². The molecule has 0 bridgehead atoms. The number of methoxy groups -OCH3 is 1. The van der Waals surface area contributed by atoms with Gasteiger partial charge >= 0.3 is 5.97 Å². The van der Waals surface area contributed by atoms with Gasteiger partial charge in [0.1, 0.15) is 4.34 Å². The van der Waals surface area contributed by atoms with Crippen LogP contribution in [0.5, 0.6) is 0 Å². The molecule has 0 amide bonds. The summed E-state index contributed by atoms with van der Waals surface area (Å²) in [5.74, 6) is 0.524. The molecule has 0 fully saturated rings. The van der Waals surface area contributed by atoms with Crippen molar-refractivity contribution in [3.05, 3.63) is 36.5 Å². The minimum Gasteiger partial charge on any atom is -0.469 e. The van der Waals surface area contributed by atoms with E-state index < -0.39 is 0 Å². The largest absolute Gasteiger partial charge is 0.469 e. The number of carbonyl (C=O) groups excluding carboxylic acids is 1. The summed E-state index contributed by atoms with van der Waals surface area (Å²) in [6.45, 7) is 0. The number of aromatic nitrogens is 1. The van der Waals surface area contributed by atoms with Crippen molar-refractivity contribution in [3.63, 3.8) is 0 Å². The normalized spacial score (nSPS) is 10.3. The molecule has 0 saturated heterocycles. The van der Waals surface area contributed by atoms with E-state index in [9.17, 15) is 4.79 Å². The Morgan fingerprint density at radius 3 is 2.89 bits per heavy atom. The minimum absolute atomic E-state index is 0.178. The lowest BCUT2D eigenvalue weighted by Crippen LogP contribution is -2.00. The second kappa shape index (κ2) is 6.56. The fourth-order valence-electron chi connectivity index (χ4n) is 1.38. The predicted octanol–water partition coefficient (Wildman–Crippen LogP) is 3.47. The number of ether oxygens (including phenoxy) is 1. The first-order chi connectivity index (χ1) is 8.79. The van der Waals surface area contributed by atoms with E-state index >= 15 is 0 Å². The summed E-state index contributed by atoms with van der Waals surface area (Å²) in [7, 11) is 1.41. The maximum absolute atomic E-state index is 11.0. The Hall–Kier alpha value is -1.33. The molecule has 0 aliphatic carbocycles. The number of thiazole rings is 1. The standard InChI is InChI=1S/C13H13NO2S2/c1-16-12(15)7-8-17-13-14-9-11(18-13)10-5-3-2-4-6-10/h2-6,9H,7-8H2,1H3. The molecule has 0 aliphatic rings. The first kappa shape index (κ1) is 13.1. The summed E-state index contributed by atoms with van der Waals surface area (Å²) in [5, 5.41) is 0. The Bertz CT molecular complexity index is 511. The molecular formula is C13H13NO2S2. The van der Waals surface area contributed by atoms with Crippen LogP contribution in [0.25, 0.3) is 10.4 Å². The quantitative estimate of drug-likeness (QED) is 0.620. The van der Waals surface area contributed by atoms with Crippen molar-refractivity contribution in [1.82, 2.24) is 4.98 Å². The molecule has 3 nitrogen and oxygen atoms in total. The van der Waals surface area contributed by atoms with Gasteiger partial charge in [-0.25, -0.2) is 4.98 Å². The summed E-state index contributed by atoms with van der Waals surface area (Å²) in [4.78, 5) is 16.5. The van der Waals surface area contributed by atoms with E-state index in [1.165, 1.54) is 12.7 Å². The zero-order valence-corrected chi connectivity index (χ0v) is 11.6. The van der Waals surface area contributed by atoms with Crippen LogP contribution in [0.15, 0.2) is 40.9 Å². The van der Waals surface area contributed by atoms with Crippen molar-refractivity contribution in [2.75, 3.05) is 12.9 Å². The fraction of sp³-hybridized carbons (Fsp3) is 0.231. The molecule has 0 spiro atoms. The van der Waals surface area contributed by atoms with Gasteiger partial charge in [0.2, 0.25) is 0 Å². The second-order valence-corrected chi connectivity index (χ2v) is 5.90. The lowest BCUT2D eigenvalue weighted by Gasteiger charge is -1.97.